The summed E-state index contributed by atoms with van der Waals surface area (Å²) in [6, 6.07) is 4.87. The van der Waals surface area contributed by atoms with Crippen molar-refractivity contribution < 1.29 is 19.8 Å². The molecule has 1 aliphatic rings. The Balaban J connectivity index is 2.26. The number of carboxylic acid groups (broad SMARTS) is 1. The molecule has 0 atom stereocenters. The molecule has 0 radical (unpaired) electrons. The number of hydrogen-bond acceptors (Lipinski definition) is 3. The van der Waals surface area contributed by atoms with Crippen LogP contribution in [0.25, 0.3) is 0 Å². The second kappa shape index (κ2) is 6.16. The number of carbonyl (C=O) groups excluding carboxylic acids is 1. The van der Waals surface area contributed by atoms with Crippen LogP contribution in [0.1, 0.15) is 54.4 Å². The normalized spacial score (nSPS) is 17.8. The first-order chi connectivity index (χ1) is 9.96. The molecule has 1 aromatic rings. The van der Waals surface area contributed by atoms with Gasteiger partial charge in [0, 0.05) is 0 Å². The second-order valence-corrected chi connectivity index (χ2v) is 5.73. The zero-order valence-electron chi connectivity index (χ0n) is 12.2. The fraction of sp³-hybridized carbons (Fsp3) is 0.500. The average molecular weight is 291 g/mol. The number of aliphatic carboxylic acids is 1. The molecule has 0 saturated heterocycles. The van der Waals surface area contributed by atoms with Gasteiger partial charge in [0.05, 0.1) is 5.56 Å². The highest BCUT2D eigenvalue weighted by Gasteiger charge is 2.40. The molecular weight excluding hydrogens is 270 g/mol. The molecule has 0 spiro atoms. The van der Waals surface area contributed by atoms with E-state index in [2.05, 4.69) is 5.32 Å². The van der Waals surface area contributed by atoms with Crippen LogP contribution in [0.15, 0.2) is 18.2 Å². The summed E-state index contributed by atoms with van der Waals surface area (Å²) in [5, 5.41) is 22.2. The number of aryl methyl sites for hydroxylation is 1. The zero-order chi connectivity index (χ0) is 15.5. The summed E-state index contributed by atoms with van der Waals surface area (Å²) in [5.74, 6) is -1.62. The van der Waals surface area contributed by atoms with E-state index < -0.39 is 17.4 Å². The van der Waals surface area contributed by atoms with Gasteiger partial charge in [0.2, 0.25) is 0 Å². The van der Waals surface area contributed by atoms with E-state index in [-0.39, 0.29) is 11.3 Å². The van der Waals surface area contributed by atoms with Crippen molar-refractivity contribution >= 4 is 11.9 Å². The molecule has 0 heterocycles. The van der Waals surface area contributed by atoms with Gasteiger partial charge in [-0.15, -0.1) is 0 Å². The molecule has 1 aromatic carbocycles. The molecule has 2 rings (SSSR count). The van der Waals surface area contributed by atoms with Crippen LogP contribution in [0.4, 0.5) is 0 Å². The summed E-state index contributed by atoms with van der Waals surface area (Å²) in [7, 11) is 0. The highest BCUT2D eigenvalue weighted by atomic mass is 16.4. The Bertz CT molecular complexity index is 545. The van der Waals surface area contributed by atoms with Crippen molar-refractivity contribution in [1.29, 1.82) is 0 Å². The number of phenols is 1. The fourth-order valence-corrected chi connectivity index (χ4v) is 2.85. The standard InChI is InChI=1S/C16H21NO4/c1-11-7-6-8-12(13(11)18)14(19)17-16(15(20)21)9-4-2-3-5-10-16/h6-8,18H,2-5,9-10H2,1H3,(H,17,19)(H,20,21). The van der Waals surface area contributed by atoms with Crippen molar-refractivity contribution in [1.82, 2.24) is 5.32 Å². The Morgan fingerprint density at radius 3 is 2.33 bits per heavy atom. The van der Waals surface area contributed by atoms with Crippen LogP contribution in [-0.2, 0) is 4.79 Å². The van der Waals surface area contributed by atoms with Crippen LogP contribution in [0, 0.1) is 6.92 Å². The molecule has 1 aliphatic carbocycles. The third-order valence-electron chi connectivity index (χ3n) is 4.20. The quantitative estimate of drug-likeness (QED) is 0.747. The molecule has 1 amide bonds. The summed E-state index contributed by atoms with van der Waals surface area (Å²) in [5.41, 5.74) is -0.503. The smallest absolute Gasteiger partial charge is 0.329 e. The molecule has 0 bridgehead atoms. The summed E-state index contributed by atoms with van der Waals surface area (Å²) in [4.78, 5) is 24.0. The van der Waals surface area contributed by atoms with Gasteiger partial charge in [-0.3, -0.25) is 4.79 Å². The van der Waals surface area contributed by atoms with Crippen LogP contribution in [-0.4, -0.2) is 27.6 Å². The molecule has 114 valence electrons. The molecule has 1 saturated carbocycles. The number of rotatable bonds is 3. The summed E-state index contributed by atoms with van der Waals surface area (Å²) >= 11 is 0. The van der Waals surface area contributed by atoms with Gasteiger partial charge < -0.3 is 15.5 Å². The third kappa shape index (κ3) is 3.17. The number of nitrogens with one attached hydrogen (secondary N) is 1. The fourth-order valence-electron chi connectivity index (χ4n) is 2.85. The third-order valence-corrected chi connectivity index (χ3v) is 4.20. The van der Waals surface area contributed by atoms with Crippen molar-refractivity contribution in [2.24, 2.45) is 0 Å². The minimum Gasteiger partial charge on any atom is -0.507 e. The van der Waals surface area contributed by atoms with Gasteiger partial charge in [-0.25, -0.2) is 4.79 Å². The van der Waals surface area contributed by atoms with Gasteiger partial charge in [0.25, 0.3) is 5.91 Å². The van der Waals surface area contributed by atoms with E-state index in [1.165, 1.54) is 6.07 Å². The van der Waals surface area contributed by atoms with E-state index >= 15 is 0 Å². The molecule has 0 unspecified atom stereocenters. The van der Waals surface area contributed by atoms with Gasteiger partial charge in [0.15, 0.2) is 0 Å². The number of carboxylic acids is 1. The Kier molecular flexibility index (Phi) is 4.50. The molecule has 0 aromatic heterocycles. The van der Waals surface area contributed by atoms with Crippen molar-refractivity contribution in [2.75, 3.05) is 0 Å². The number of benzene rings is 1. The molecule has 21 heavy (non-hydrogen) atoms. The highest BCUT2D eigenvalue weighted by molar-refractivity contribution is 6.00. The van der Waals surface area contributed by atoms with Crippen LogP contribution >= 0.6 is 0 Å². The Labute approximate surface area is 124 Å². The van der Waals surface area contributed by atoms with Crippen molar-refractivity contribution in [2.45, 2.75) is 51.0 Å². The largest absolute Gasteiger partial charge is 0.507 e. The van der Waals surface area contributed by atoms with Gasteiger partial charge in [-0.05, 0) is 31.4 Å². The van der Waals surface area contributed by atoms with Crippen molar-refractivity contribution in [3.63, 3.8) is 0 Å². The number of para-hydroxylation sites is 1. The lowest BCUT2D eigenvalue weighted by Crippen LogP contribution is -2.54. The Morgan fingerprint density at radius 2 is 1.76 bits per heavy atom. The van der Waals surface area contributed by atoms with Crippen LogP contribution in [0.3, 0.4) is 0 Å². The lowest BCUT2D eigenvalue weighted by atomic mass is 9.89. The Morgan fingerprint density at radius 1 is 1.14 bits per heavy atom. The lowest BCUT2D eigenvalue weighted by Gasteiger charge is -2.29. The topological polar surface area (TPSA) is 86.6 Å². The second-order valence-electron chi connectivity index (χ2n) is 5.73. The highest BCUT2D eigenvalue weighted by Crippen LogP contribution is 2.29. The lowest BCUT2D eigenvalue weighted by molar-refractivity contribution is -0.145. The number of phenolic OH excluding ortho intramolecular Hbond substituents is 1. The minimum atomic E-state index is -1.22. The van der Waals surface area contributed by atoms with Crippen molar-refractivity contribution in [3.05, 3.63) is 29.3 Å². The van der Waals surface area contributed by atoms with Crippen LogP contribution < -0.4 is 5.32 Å². The van der Waals surface area contributed by atoms with Crippen LogP contribution in [0.2, 0.25) is 0 Å². The maximum atomic E-state index is 12.4. The average Bonchev–Trinajstić information content (AvgIpc) is 2.68. The van der Waals surface area contributed by atoms with E-state index in [4.69, 9.17) is 0 Å². The first-order valence-electron chi connectivity index (χ1n) is 7.31. The zero-order valence-corrected chi connectivity index (χ0v) is 12.2. The molecule has 0 aliphatic heterocycles. The predicted molar refractivity (Wildman–Crippen MR) is 78.4 cm³/mol. The maximum absolute atomic E-state index is 12.4. The number of amides is 1. The van der Waals surface area contributed by atoms with E-state index in [1.807, 2.05) is 0 Å². The first kappa shape index (κ1) is 15.4. The number of aromatic hydroxyl groups is 1. The maximum Gasteiger partial charge on any atom is 0.329 e. The molecule has 5 heteroatoms. The number of carbonyl (C=O) groups is 2. The van der Waals surface area contributed by atoms with Gasteiger partial charge in [-0.1, -0.05) is 37.8 Å². The van der Waals surface area contributed by atoms with Gasteiger partial charge >= 0.3 is 5.97 Å². The molecule has 1 fully saturated rings. The summed E-state index contributed by atoms with van der Waals surface area (Å²) in [6.07, 6.45) is 4.40. The summed E-state index contributed by atoms with van der Waals surface area (Å²) < 4.78 is 0. The van der Waals surface area contributed by atoms with E-state index in [0.717, 1.165) is 25.7 Å². The van der Waals surface area contributed by atoms with E-state index in [9.17, 15) is 19.8 Å². The van der Waals surface area contributed by atoms with E-state index in [0.29, 0.717) is 18.4 Å². The minimum absolute atomic E-state index is 0.0934. The van der Waals surface area contributed by atoms with E-state index in [1.54, 1.807) is 19.1 Å². The first-order valence-corrected chi connectivity index (χ1v) is 7.31. The number of hydrogen-bond donors (Lipinski definition) is 3. The van der Waals surface area contributed by atoms with Crippen LogP contribution in [0.5, 0.6) is 5.75 Å². The SMILES string of the molecule is Cc1cccc(C(=O)NC2(C(=O)O)CCCCCC2)c1O. The monoisotopic (exact) mass is 291 g/mol. The molecule has 3 N–H and O–H groups in total. The van der Waals surface area contributed by atoms with Gasteiger partial charge in [0.1, 0.15) is 11.3 Å². The van der Waals surface area contributed by atoms with Crippen molar-refractivity contribution in [3.8, 4) is 5.75 Å². The summed E-state index contributed by atoms with van der Waals surface area (Å²) in [6.45, 7) is 1.70. The predicted octanol–water partition coefficient (Wildman–Crippen LogP) is 2.61. The molecule has 5 nitrogen and oxygen atoms in total. The van der Waals surface area contributed by atoms with Gasteiger partial charge in [-0.2, -0.15) is 0 Å². The molecular formula is C16H21NO4. The Hall–Kier alpha value is -2.04.